The Labute approximate surface area is 121 Å². The zero-order valence-corrected chi connectivity index (χ0v) is 11.7. The Balaban J connectivity index is 2.26. The minimum atomic E-state index is -4.41. The molecule has 2 aromatic rings. The van der Waals surface area contributed by atoms with Crippen LogP contribution in [0.2, 0.25) is 0 Å². The quantitative estimate of drug-likeness (QED) is 0.868. The van der Waals surface area contributed by atoms with Gasteiger partial charge in [0.2, 0.25) is 0 Å². The molecule has 0 spiro atoms. The van der Waals surface area contributed by atoms with E-state index >= 15 is 0 Å². The van der Waals surface area contributed by atoms with E-state index in [1.807, 2.05) is 0 Å². The van der Waals surface area contributed by atoms with Crippen molar-refractivity contribution in [1.82, 2.24) is 0 Å². The lowest BCUT2D eigenvalue weighted by Gasteiger charge is -2.11. The second kappa shape index (κ2) is 5.85. The molecule has 6 heteroatoms. The second-order valence-electron chi connectivity index (χ2n) is 4.05. The fourth-order valence-electron chi connectivity index (χ4n) is 1.59. The topological polar surface area (TPSA) is 29.5 Å². The van der Waals surface area contributed by atoms with Gasteiger partial charge in [-0.05, 0) is 51.8 Å². The summed E-state index contributed by atoms with van der Waals surface area (Å²) < 4.78 is 43.7. The Morgan fingerprint density at radius 3 is 2.45 bits per heavy atom. The van der Waals surface area contributed by atoms with E-state index in [0.717, 1.165) is 12.1 Å². The number of ether oxygens (including phenoxy) is 1. The maximum absolute atomic E-state index is 12.6. The lowest BCUT2D eigenvalue weighted by atomic mass is 10.2. The predicted octanol–water partition coefficient (Wildman–Crippen LogP) is 4.75. The first-order valence-corrected chi connectivity index (χ1v) is 6.44. The van der Waals surface area contributed by atoms with Gasteiger partial charge in [-0.3, -0.25) is 0 Å². The van der Waals surface area contributed by atoms with E-state index < -0.39 is 11.7 Å². The second-order valence-corrected chi connectivity index (χ2v) is 4.90. The van der Waals surface area contributed by atoms with Crippen LogP contribution in [0.25, 0.3) is 0 Å². The van der Waals surface area contributed by atoms with Gasteiger partial charge in [0.1, 0.15) is 11.5 Å². The number of halogens is 4. The van der Waals surface area contributed by atoms with E-state index in [1.54, 1.807) is 18.2 Å². The molecule has 2 aromatic carbocycles. The molecule has 0 aliphatic carbocycles. The molecule has 0 heterocycles. The highest BCUT2D eigenvalue weighted by molar-refractivity contribution is 9.10. The number of aliphatic hydroxyl groups is 1. The SMILES string of the molecule is OCc1ccc(Oc2cccc(C(F)(F)F)c2)c(Br)c1. The molecule has 0 aromatic heterocycles. The number of hydrogen-bond donors (Lipinski definition) is 1. The van der Waals surface area contributed by atoms with Crippen molar-refractivity contribution in [2.24, 2.45) is 0 Å². The molecule has 20 heavy (non-hydrogen) atoms. The first-order chi connectivity index (χ1) is 9.40. The zero-order valence-electron chi connectivity index (χ0n) is 10.1. The fraction of sp³-hybridized carbons (Fsp3) is 0.143. The lowest BCUT2D eigenvalue weighted by Crippen LogP contribution is -2.04. The molecule has 0 atom stereocenters. The summed E-state index contributed by atoms with van der Waals surface area (Å²) in [4.78, 5) is 0. The number of rotatable bonds is 3. The third-order valence-corrected chi connectivity index (χ3v) is 3.19. The number of aliphatic hydroxyl groups excluding tert-OH is 1. The first-order valence-electron chi connectivity index (χ1n) is 5.64. The number of alkyl halides is 3. The molecule has 0 aliphatic heterocycles. The summed E-state index contributed by atoms with van der Waals surface area (Å²) in [5, 5.41) is 8.98. The van der Waals surface area contributed by atoms with E-state index in [4.69, 9.17) is 9.84 Å². The highest BCUT2D eigenvalue weighted by Gasteiger charge is 2.30. The first kappa shape index (κ1) is 14.9. The maximum atomic E-state index is 12.6. The van der Waals surface area contributed by atoms with Gasteiger partial charge < -0.3 is 9.84 Å². The Hall–Kier alpha value is -1.53. The van der Waals surface area contributed by atoms with Gasteiger partial charge in [0, 0.05) is 0 Å². The Morgan fingerprint density at radius 2 is 1.85 bits per heavy atom. The van der Waals surface area contributed by atoms with E-state index in [-0.39, 0.29) is 12.4 Å². The molecular weight excluding hydrogens is 337 g/mol. The summed E-state index contributed by atoms with van der Waals surface area (Å²) in [5.74, 6) is 0.471. The van der Waals surface area contributed by atoms with Crippen molar-refractivity contribution in [1.29, 1.82) is 0 Å². The summed E-state index contributed by atoms with van der Waals surface area (Å²) in [5.41, 5.74) is -0.0913. The zero-order chi connectivity index (χ0) is 14.8. The van der Waals surface area contributed by atoms with E-state index in [1.165, 1.54) is 12.1 Å². The van der Waals surface area contributed by atoms with Crippen molar-refractivity contribution in [3.05, 3.63) is 58.1 Å². The largest absolute Gasteiger partial charge is 0.456 e. The monoisotopic (exact) mass is 346 g/mol. The molecular formula is C14H10BrF3O2. The molecule has 0 saturated heterocycles. The van der Waals surface area contributed by atoms with Gasteiger partial charge in [0.05, 0.1) is 16.6 Å². The average molecular weight is 347 g/mol. The Kier molecular flexibility index (Phi) is 4.35. The third kappa shape index (κ3) is 3.52. The van der Waals surface area contributed by atoms with Gasteiger partial charge in [-0.1, -0.05) is 12.1 Å². The molecule has 0 radical (unpaired) electrons. The van der Waals surface area contributed by atoms with Crippen LogP contribution in [0.5, 0.6) is 11.5 Å². The van der Waals surface area contributed by atoms with Gasteiger partial charge in [-0.15, -0.1) is 0 Å². The van der Waals surface area contributed by atoms with Gasteiger partial charge in [-0.25, -0.2) is 0 Å². The average Bonchev–Trinajstić information content (AvgIpc) is 2.40. The van der Waals surface area contributed by atoms with Gasteiger partial charge in [0.15, 0.2) is 0 Å². The highest BCUT2D eigenvalue weighted by atomic mass is 79.9. The van der Waals surface area contributed by atoms with Crippen LogP contribution in [0.3, 0.4) is 0 Å². The predicted molar refractivity (Wildman–Crippen MR) is 71.6 cm³/mol. The van der Waals surface area contributed by atoms with Crippen molar-refractivity contribution in [2.45, 2.75) is 12.8 Å². The normalized spacial score (nSPS) is 11.4. The van der Waals surface area contributed by atoms with Gasteiger partial charge >= 0.3 is 6.18 Å². The fourth-order valence-corrected chi connectivity index (χ4v) is 2.10. The van der Waals surface area contributed by atoms with Crippen molar-refractivity contribution >= 4 is 15.9 Å². The van der Waals surface area contributed by atoms with Crippen LogP contribution in [-0.4, -0.2) is 5.11 Å². The minimum Gasteiger partial charge on any atom is -0.456 e. The summed E-state index contributed by atoms with van der Waals surface area (Å²) in [6.45, 7) is -0.123. The molecule has 0 aliphatic rings. The molecule has 2 nitrogen and oxygen atoms in total. The van der Waals surface area contributed by atoms with Crippen LogP contribution in [0.15, 0.2) is 46.9 Å². The van der Waals surface area contributed by atoms with Crippen LogP contribution in [0, 0.1) is 0 Å². The van der Waals surface area contributed by atoms with Crippen molar-refractivity contribution < 1.29 is 23.0 Å². The summed E-state index contributed by atoms with van der Waals surface area (Å²) in [6, 6.07) is 9.51. The van der Waals surface area contributed by atoms with Gasteiger partial charge in [0.25, 0.3) is 0 Å². The molecule has 0 amide bonds. The summed E-state index contributed by atoms with van der Waals surface area (Å²) >= 11 is 3.25. The van der Waals surface area contributed by atoms with Crippen LogP contribution < -0.4 is 4.74 Å². The standard InChI is InChI=1S/C14H10BrF3O2/c15-12-6-9(8-19)4-5-13(12)20-11-3-1-2-10(7-11)14(16,17)18/h1-7,19H,8H2. The molecule has 0 bridgehead atoms. The highest BCUT2D eigenvalue weighted by Crippen LogP contribution is 2.34. The van der Waals surface area contributed by atoms with Crippen molar-refractivity contribution in [3.8, 4) is 11.5 Å². The van der Waals surface area contributed by atoms with Crippen molar-refractivity contribution in [2.75, 3.05) is 0 Å². The Morgan fingerprint density at radius 1 is 1.10 bits per heavy atom. The molecule has 0 unspecified atom stereocenters. The minimum absolute atomic E-state index is 0.0947. The van der Waals surface area contributed by atoms with Crippen LogP contribution in [-0.2, 0) is 12.8 Å². The Bertz CT molecular complexity index is 612. The third-order valence-electron chi connectivity index (χ3n) is 2.57. The summed E-state index contributed by atoms with van der Waals surface area (Å²) in [6.07, 6.45) is -4.41. The molecule has 0 saturated carbocycles. The molecule has 0 fully saturated rings. The summed E-state index contributed by atoms with van der Waals surface area (Å²) in [7, 11) is 0. The lowest BCUT2D eigenvalue weighted by molar-refractivity contribution is -0.137. The molecule has 106 valence electrons. The molecule has 2 rings (SSSR count). The van der Waals surface area contributed by atoms with Gasteiger partial charge in [-0.2, -0.15) is 13.2 Å². The maximum Gasteiger partial charge on any atom is 0.416 e. The van der Waals surface area contributed by atoms with Crippen LogP contribution in [0.1, 0.15) is 11.1 Å². The molecule has 1 N–H and O–H groups in total. The van der Waals surface area contributed by atoms with E-state index in [9.17, 15) is 13.2 Å². The smallest absolute Gasteiger partial charge is 0.416 e. The van der Waals surface area contributed by atoms with E-state index in [0.29, 0.717) is 15.8 Å². The van der Waals surface area contributed by atoms with Crippen molar-refractivity contribution in [3.63, 3.8) is 0 Å². The number of benzene rings is 2. The van der Waals surface area contributed by atoms with Crippen LogP contribution in [0.4, 0.5) is 13.2 Å². The van der Waals surface area contributed by atoms with Crippen LogP contribution >= 0.6 is 15.9 Å². The van der Waals surface area contributed by atoms with E-state index in [2.05, 4.69) is 15.9 Å². The number of hydrogen-bond acceptors (Lipinski definition) is 2.